The minimum atomic E-state index is -0.654. The molecule has 2 aromatic carbocycles. The molecule has 2 aliphatic heterocycles. The quantitative estimate of drug-likeness (QED) is 0.211. The molecule has 3 heterocycles. The van der Waals surface area contributed by atoms with Crippen molar-refractivity contribution in [1.29, 1.82) is 0 Å². The number of piperidine rings is 1. The van der Waals surface area contributed by atoms with Gasteiger partial charge in [0, 0.05) is 18.8 Å². The molecule has 0 spiro atoms. The van der Waals surface area contributed by atoms with Gasteiger partial charge in [-0.25, -0.2) is 4.68 Å². The van der Waals surface area contributed by atoms with Crippen molar-refractivity contribution in [2.75, 3.05) is 49.3 Å². The predicted octanol–water partition coefficient (Wildman–Crippen LogP) is 6.27. The molecule has 1 saturated heterocycles. The molecule has 5 rings (SSSR count). The van der Waals surface area contributed by atoms with Gasteiger partial charge in [0.15, 0.2) is 18.1 Å². The Hall–Kier alpha value is -3.71. The maximum absolute atomic E-state index is 14.1. The number of hydrogen-bond acceptors (Lipinski definition) is 9. The summed E-state index contributed by atoms with van der Waals surface area (Å²) in [7, 11) is 0. The molecule has 1 atom stereocenters. The Morgan fingerprint density at radius 3 is 2.51 bits per heavy atom. The highest BCUT2D eigenvalue weighted by Crippen LogP contribution is 2.43. The van der Waals surface area contributed by atoms with Crippen LogP contribution in [-0.2, 0) is 9.59 Å². The molecule has 11 nitrogen and oxygen atoms in total. The predicted molar refractivity (Wildman–Crippen MR) is 178 cm³/mol. The third-order valence-corrected chi connectivity index (χ3v) is 8.79. The van der Waals surface area contributed by atoms with E-state index in [1.54, 1.807) is 4.68 Å². The summed E-state index contributed by atoms with van der Waals surface area (Å²) in [5.74, 6) is 2.42. The number of nitrogens with one attached hydrogen (secondary N) is 2. The van der Waals surface area contributed by atoms with E-state index in [9.17, 15) is 9.59 Å². The van der Waals surface area contributed by atoms with Crippen LogP contribution in [0.5, 0.6) is 17.2 Å². The molecule has 2 amide bonds. The maximum atomic E-state index is 14.1. The summed E-state index contributed by atoms with van der Waals surface area (Å²) in [6.07, 6.45) is 3.16. The number of amides is 2. The standard InChI is InChI=1S/C32H39BrN6O5S/c1-5-42-24-14-10-9-13-23(24)35-30(41)27-20(4)34-31-36-32(45-7-3)37-39(31)28(27)21-17-22(33)29(25(18-21)43-6-2)44-19-26(40)38-15-11-8-12-16-38/h9-10,13-14,17-18,28H,5-8,11-12,15-16,19H2,1-4H3,(H,35,41)(H,34,36,37). The molecule has 240 valence electrons. The zero-order valence-corrected chi connectivity index (χ0v) is 28.4. The number of anilines is 2. The number of benzene rings is 2. The Labute approximate surface area is 276 Å². The first-order valence-electron chi connectivity index (χ1n) is 15.3. The van der Waals surface area contributed by atoms with Crippen molar-refractivity contribution in [3.63, 3.8) is 0 Å². The molecule has 0 aliphatic carbocycles. The molecule has 13 heteroatoms. The van der Waals surface area contributed by atoms with Gasteiger partial charge < -0.3 is 29.7 Å². The molecule has 1 unspecified atom stereocenters. The van der Waals surface area contributed by atoms with Gasteiger partial charge in [0.2, 0.25) is 11.1 Å². The summed E-state index contributed by atoms with van der Waals surface area (Å²) in [5.41, 5.74) is 2.38. The number of halogens is 1. The van der Waals surface area contributed by atoms with Crippen LogP contribution in [0.15, 0.2) is 57.3 Å². The molecular weight excluding hydrogens is 660 g/mol. The normalized spacial score (nSPS) is 16.1. The second-order valence-electron chi connectivity index (χ2n) is 10.5. The smallest absolute Gasteiger partial charge is 0.260 e. The summed E-state index contributed by atoms with van der Waals surface area (Å²) < 4.78 is 20.2. The van der Waals surface area contributed by atoms with E-state index in [0.29, 0.717) is 63.0 Å². The molecule has 0 bridgehead atoms. The number of thioether (sulfide) groups is 1. The highest BCUT2D eigenvalue weighted by molar-refractivity contribution is 9.10. The Bertz CT molecular complexity index is 1570. The van der Waals surface area contributed by atoms with E-state index in [-0.39, 0.29) is 18.4 Å². The van der Waals surface area contributed by atoms with Crippen LogP contribution < -0.4 is 24.8 Å². The van der Waals surface area contributed by atoms with Crippen LogP contribution in [0.4, 0.5) is 11.6 Å². The fourth-order valence-electron chi connectivity index (χ4n) is 5.48. The fraction of sp³-hybridized carbons (Fsp3) is 0.438. The van der Waals surface area contributed by atoms with E-state index in [4.69, 9.17) is 19.3 Å². The molecule has 2 N–H and O–H groups in total. The van der Waals surface area contributed by atoms with Crippen molar-refractivity contribution in [2.45, 2.75) is 58.2 Å². The topological polar surface area (TPSA) is 120 Å². The van der Waals surface area contributed by atoms with Crippen molar-refractivity contribution in [2.24, 2.45) is 0 Å². The van der Waals surface area contributed by atoms with Gasteiger partial charge in [-0.05, 0) is 91.5 Å². The molecule has 3 aromatic rings. The minimum absolute atomic E-state index is 0.0514. The Morgan fingerprint density at radius 1 is 1.04 bits per heavy atom. The minimum Gasteiger partial charge on any atom is -0.492 e. The van der Waals surface area contributed by atoms with Gasteiger partial charge in [-0.3, -0.25) is 9.59 Å². The van der Waals surface area contributed by atoms with Crippen LogP contribution in [0.2, 0.25) is 0 Å². The van der Waals surface area contributed by atoms with E-state index in [2.05, 4.69) is 31.5 Å². The molecule has 45 heavy (non-hydrogen) atoms. The lowest BCUT2D eigenvalue weighted by Crippen LogP contribution is -2.38. The number of para-hydroxylation sites is 2. The number of rotatable bonds is 12. The lowest BCUT2D eigenvalue weighted by Gasteiger charge is -2.30. The number of carbonyl (C=O) groups excluding carboxylic acids is 2. The van der Waals surface area contributed by atoms with E-state index < -0.39 is 6.04 Å². The van der Waals surface area contributed by atoms with Gasteiger partial charge in [-0.15, -0.1) is 5.10 Å². The van der Waals surface area contributed by atoms with Crippen LogP contribution in [0.3, 0.4) is 0 Å². The first kappa shape index (κ1) is 32.7. The maximum Gasteiger partial charge on any atom is 0.260 e. The van der Waals surface area contributed by atoms with Gasteiger partial charge in [0.25, 0.3) is 11.8 Å². The highest BCUT2D eigenvalue weighted by Gasteiger charge is 2.36. The molecule has 2 aliphatic rings. The number of likely N-dealkylation sites (tertiary alicyclic amines) is 1. The van der Waals surface area contributed by atoms with E-state index in [1.165, 1.54) is 11.8 Å². The van der Waals surface area contributed by atoms with Crippen molar-refractivity contribution < 1.29 is 23.8 Å². The van der Waals surface area contributed by atoms with Crippen molar-refractivity contribution in [1.82, 2.24) is 19.7 Å². The number of ether oxygens (including phenoxy) is 3. The zero-order valence-electron chi connectivity index (χ0n) is 26.0. The molecule has 0 saturated carbocycles. The summed E-state index contributed by atoms with van der Waals surface area (Å²) in [5, 5.41) is 11.7. The summed E-state index contributed by atoms with van der Waals surface area (Å²) in [6.45, 7) is 9.91. The summed E-state index contributed by atoms with van der Waals surface area (Å²) >= 11 is 5.19. The summed E-state index contributed by atoms with van der Waals surface area (Å²) in [6, 6.07) is 10.4. The monoisotopic (exact) mass is 698 g/mol. The van der Waals surface area contributed by atoms with Crippen molar-refractivity contribution >= 4 is 51.1 Å². The van der Waals surface area contributed by atoms with Gasteiger partial charge in [0.05, 0.1) is 28.9 Å². The average Bonchev–Trinajstić information content (AvgIpc) is 3.43. The zero-order chi connectivity index (χ0) is 31.9. The first-order chi connectivity index (χ1) is 21.8. The molecule has 1 fully saturated rings. The van der Waals surface area contributed by atoms with Gasteiger partial charge >= 0.3 is 0 Å². The fourth-order valence-corrected chi connectivity index (χ4v) is 6.61. The Balaban J connectivity index is 1.52. The number of fused-ring (bicyclic) bond motifs is 1. The van der Waals surface area contributed by atoms with Crippen LogP contribution in [-0.4, -0.2) is 70.1 Å². The summed E-state index contributed by atoms with van der Waals surface area (Å²) in [4.78, 5) is 33.5. The Kier molecular flexibility index (Phi) is 10.9. The van der Waals surface area contributed by atoms with E-state index in [1.807, 2.05) is 69.0 Å². The average molecular weight is 700 g/mol. The van der Waals surface area contributed by atoms with Crippen LogP contribution in [0, 0.1) is 0 Å². The highest BCUT2D eigenvalue weighted by atomic mass is 79.9. The molecular formula is C32H39BrN6O5S. The van der Waals surface area contributed by atoms with Gasteiger partial charge in [-0.1, -0.05) is 30.8 Å². The van der Waals surface area contributed by atoms with Crippen LogP contribution >= 0.6 is 27.7 Å². The SMILES string of the molecule is CCOc1ccccc1NC(=O)C1=C(C)Nc2nc(SCC)nn2C1c1cc(Br)c(OCC(=O)N2CCCCC2)c(OCC)c1. The third kappa shape index (κ3) is 7.41. The van der Waals surface area contributed by atoms with Crippen molar-refractivity contribution in [3.8, 4) is 17.2 Å². The number of nitrogens with zero attached hydrogens (tertiary/aromatic N) is 4. The first-order valence-corrected chi connectivity index (χ1v) is 17.1. The Morgan fingerprint density at radius 2 is 1.78 bits per heavy atom. The number of carbonyl (C=O) groups is 2. The van der Waals surface area contributed by atoms with Crippen molar-refractivity contribution in [3.05, 3.63) is 57.7 Å². The van der Waals surface area contributed by atoms with E-state index in [0.717, 1.165) is 43.7 Å². The van der Waals surface area contributed by atoms with Crippen LogP contribution in [0.1, 0.15) is 58.6 Å². The molecule has 1 aromatic heterocycles. The second kappa shape index (κ2) is 15.0. The number of allylic oxidation sites excluding steroid dienone is 1. The number of hydrogen-bond donors (Lipinski definition) is 2. The lowest BCUT2D eigenvalue weighted by atomic mass is 9.94. The number of aromatic nitrogens is 3. The lowest BCUT2D eigenvalue weighted by molar-refractivity contribution is -0.134. The third-order valence-electron chi connectivity index (χ3n) is 7.48. The molecule has 0 radical (unpaired) electrons. The van der Waals surface area contributed by atoms with E-state index >= 15 is 0 Å². The largest absolute Gasteiger partial charge is 0.492 e. The van der Waals surface area contributed by atoms with Crippen LogP contribution in [0.25, 0.3) is 0 Å². The van der Waals surface area contributed by atoms with Gasteiger partial charge in [0.1, 0.15) is 11.8 Å². The second-order valence-corrected chi connectivity index (χ2v) is 12.6. The van der Waals surface area contributed by atoms with Gasteiger partial charge in [-0.2, -0.15) is 4.98 Å².